The minimum atomic E-state index is -0.923. The molecule has 1 unspecified atom stereocenters. The van der Waals surface area contributed by atoms with Crippen LogP contribution in [0.4, 0.5) is 0 Å². The van der Waals surface area contributed by atoms with E-state index in [0.29, 0.717) is 5.56 Å². The fourth-order valence-corrected chi connectivity index (χ4v) is 2.07. The highest BCUT2D eigenvalue weighted by Crippen LogP contribution is 2.17. The van der Waals surface area contributed by atoms with Crippen molar-refractivity contribution in [1.29, 1.82) is 0 Å². The minimum Gasteiger partial charge on any atom is -0.466 e. The van der Waals surface area contributed by atoms with Gasteiger partial charge < -0.3 is 9.47 Å². The van der Waals surface area contributed by atoms with Crippen LogP contribution in [-0.2, 0) is 19.1 Å². The van der Waals surface area contributed by atoms with Crippen molar-refractivity contribution in [1.82, 2.24) is 4.98 Å². The van der Waals surface area contributed by atoms with E-state index in [0.717, 1.165) is 5.56 Å². The van der Waals surface area contributed by atoms with Crippen LogP contribution >= 0.6 is 0 Å². The molecular weight excluding hydrogens is 286 g/mol. The van der Waals surface area contributed by atoms with Gasteiger partial charge in [0, 0.05) is 31.5 Å². The van der Waals surface area contributed by atoms with Crippen LogP contribution in [0.3, 0.4) is 0 Å². The van der Waals surface area contributed by atoms with Gasteiger partial charge in [-0.2, -0.15) is 0 Å². The van der Waals surface area contributed by atoms with E-state index in [1.807, 2.05) is 6.92 Å². The summed E-state index contributed by atoms with van der Waals surface area (Å²) in [6, 6.07) is 1.67. The Morgan fingerprint density at radius 3 is 2.59 bits per heavy atom. The topological polar surface area (TPSA) is 82.6 Å². The summed E-state index contributed by atoms with van der Waals surface area (Å²) in [6.07, 6.45) is 3.17. The van der Waals surface area contributed by atoms with E-state index in [2.05, 4.69) is 4.98 Å². The molecule has 1 rings (SSSR count). The number of aromatic nitrogens is 1. The average molecular weight is 307 g/mol. The van der Waals surface area contributed by atoms with Gasteiger partial charge in [0.05, 0.1) is 12.5 Å². The molecule has 0 aromatic carbocycles. The lowest BCUT2D eigenvalue weighted by molar-refractivity contribution is -0.143. The molecule has 1 atom stereocenters. The molecule has 22 heavy (non-hydrogen) atoms. The number of nitrogens with zero attached hydrogens (tertiary/aromatic N) is 1. The zero-order chi connectivity index (χ0) is 16.5. The van der Waals surface area contributed by atoms with Crippen molar-refractivity contribution in [2.75, 3.05) is 20.3 Å². The maximum atomic E-state index is 12.5. The molecule has 0 aliphatic carbocycles. The summed E-state index contributed by atoms with van der Waals surface area (Å²) < 4.78 is 9.65. The number of ketones is 2. The van der Waals surface area contributed by atoms with Gasteiger partial charge in [0.1, 0.15) is 6.61 Å². The largest absolute Gasteiger partial charge is 0.466 e. The minimum absolute atomic E-state index is 0.0128. The summed E-state index contributed by atoms with van der Waals surface area (Å²) in [5.41, 5.74) is 1.19. The molecule has 6 heteroatoms. The lowest BCUT2D eigenvalue weighted by Gasteiger charge is -2.14. The molecule has 0 saturated carbocycles. The standard InChI is InChI=1S/C16H21NO5/c1-4-22-15(19)6-5-13(14(18)10-21-3)16(20)12-7-11(2)8-17-9-12/h7-9,13H,4-6,10H2,1-3H3. The van der Waals surface area contributed by atoms with Gasteiger partial charge in [-0.1, -0.05) is 0 Å². The lowest BCUT2D eigenvalue weighted by Crippen LogP contribution is -2.28. The summed E-state index contributed by atoms with van der Waals surface area (Å²) in [5, 5.41) is 0. The third-order valence-corrected chi connectivity index (χ3v) is 3.09. The van der Waals surface area contributed by atoms with E-state index in [9.17, 15) is 14.4 Å². The Morgan fingerprint density at radius 2 is 2.00 bits per heavy atom. The van der Waals surface area contributed by atoms with Crippen molar-refractivity contribution in [2.45, 2.75) is 26.7 Å². The maximum absolute atomic E-state index is 12.5. The molecule has 0 saturated heterocycles. The molecule has 0 amide bonds. The van der Waals surface area contributed by atoms with Crippen molar-refractivity contribution >= 4 is 17.5 Å². The number of ether oxygens (including phenoxy) is 2. The highest BCUT2D eigenvalue weighted by Gasteiger charge is 2.28. The molecule has 0 aliphatic heterocycles. The maximum Gasteiger partial charge on any atom is 0.305 e. The first-order chi connectivity index (χ1) is 10.5. The molecular formula is C16H21NO5. The number of methoxy groups -OCH3 is 1. The number of esters is 1. The SMILES string of the molecule is CCOC(=O)CCC(C(=O)COC)C(=O)c1cncc(C)c1. The number of pyridine rings is 1. The van der Waals surface area contributed by atoms with Gasteiger partial charge >= 0.3 is 5.97 Å². The molecule has 0 radical (unpaired) electrons. The molecule has 0 bridgehead atoms. The molecule has 1 aromatic rings. The van der Waals surface area contributed by atoms with Crippen molar-refractivity contribution < 1.29 is 23.9 Å². The average Bonchev–Trinajstić information content (AvgIpc) is 2.47. The zero-order valence-corrected chi connectivity index (χ0v) is 13.1. The Bertz CT molecular complexity index is 541. The molecule has 0 N–H and O–H groups in total. The highest BCUT2D eigenvalue weighted by atomic mass is 16.5. The Kier molecular flexibility index (Phi) is 7.39. The molecule has 6 nitrogen and oxygen atoms in total. The third kappa shape index (κ3) is 5.37. The number of aryl methyl sites for hydroxylation is 1. The van der Waals surface area contributed by atoms with Crippen LogP contribution in [0.25, 0.3) is 0 Å². The number of Topliss-reactive ketones (excluding diaryl/α,β-unsaturated/α-hetero) is 2. The first kappa shape index (κ1) is 18.0. The molecule has 120 valence electrons. The van der Waals surface area contributed by atoms with Crippen molar-refractivity contribution in [3.8, 4) is 0 Å². The predicted molar refractivity (Wildman–Crippen MR) is 79.5 cm³/mol. The summed E-state index contributed by atoms with van der Waals surface area (Å²) in [5.74, 6) is -2.04. The van der Waals surface area contributed by atoms with E-state index in [4.69, 9.17) is 9.47 Å². The number of carbonyl (C=O) groups excluding carboxylic acids is 3. The summed E-state index contributed by atoms with van der Waals surface area (Å²) in [4.78, 5) is 40.0. The van der Waals surface area contributed by atoms with Crippen LogP contribution in [0, 0.1) is 12.8 Å². The van der Waals surface area contributed by atoms with Gasteiger partial charge in [-0.05, 0) is 31.9 Å². The van der Waals surface area contributed by atoms with E-state index in [1.165, 1.54) is 13.3 Å². The number of carbonyl (C=O) groups is 3. The van der Waals surface area contributed by atoms with Crippen LogP contribution in [0.2, 0.25) is 0 Å². The summed E-state index contributed by atoms with van der Waals surface area (Å²) in [7, 11) is 1.39. The van der Waals surface area contributed by atoms with Gasteiger partial charge in [0.2, 0.25) is 0 Å². The van der Waals surface area contributed by atoms with Crippen LogP contribution in [0.15, 0.2) is 18.5 Å². The van der Waals surface area contributed by atoms with Crippen LogP contribution < -0.4 is 0 Å². The normalized spacial score (nSPS) is 11.8. The van der Waals surface area contributed by atoms with Gasteiger partial charge in [-0.3, -0.25) is 19.4 Å². The van der Waals surface area contributed by atoms with Crippen LogP contribution in [0.5, 0.6) is 0 Å². The second kappa shape index (κ2) is 9.04. The second-order valence-electron chi connectivity index (χ2n) is 4.91. The smallest absolute Gasteiger partial charge is 0.305 e. The first-order valence-electron chi connectivity index (χ1n) is 7.12. The van der Waals surface area contributed by atoms with E-state index in [1.54, 1.807) is 19.2 Å². The van der Waals surface area contributed by atoms with Gasteiger partial charge in [0.15, 0.2) is 11.6 Å². The highest BCUT2D eigenvalue weighted by molar-refractivity contribution is 6.11. The molecule has 1 aromatic heterocycles. The van der Waals surface area contributed by atoms with Gasteiger partial charge in [0.25, 0.3) is 0 Å². The number of hydrogen-bond donors (Lipinski definition) is 0. The predicted octanol–water partition coefficient (Wildman–Crippen LogP) is 1.75. The number of rotatable bonds is 9. The lowest BCUT2D eigenvalue weighted by atomic mass is 9.90. The Morgan fingerprint density at radius 1 is 1.27 bits per heavy atom. The first-order valence-corrected chi connectivity index (χ1v) is 7.12. The Balaban J connectivity index is 2.87. The second-order valence-corrected chi connectivity index (χ2v) is 4.91. The fraction of sp³-hybridized carbons (Fsp3) is 0.500. The molecule has 0 aliphatic rings. The van der Waals surface area contributed by atoms with Crippen LogP contribution in [0.1, 0.15) is 35.7 Å². The summed E-state index contributed by atoms with van der Waals surface area (Å²) in [6.45, 7) is 3.62. The van der Waals surface area contributed by atoms with Crippen LogP contribution in [-0.4, -0.2) is 42.8 Å². The van der Waals surface area contributed by atoms with Crippen molar-refractivity contribution in [3.05, 3.63) is 29.6 Å². The van der Waals surface area contributed by atoms with Gasteiger partial charge in [-0.15, -0.1) is 0 Å². The molecule has 0 fully saturated rings. The summed E-state index contributed by atoms with van der Waals surface area (Å²) >= 11 is 0. The van der Waals surface area contributed by atoms with Gasteiger partial charge in [-0.25, -0.2) is 0 Å². The molecule has 0 spiro atoms. The van der Waals surface area contributed by atoms with E-state index >= 15 is 0 Å². The Labute approximate surface area is 129 Å². The molecule has 1 heterocycles. The Hall–Kier alpha value is -2.08. The van der Waals surface area contributed by atoms with E-state index < -0.39 is 11.9 Å². The van der Waals surface area contributed by atoms with E-state index in [-0.39, 0.29) is 37.6 Å². The zero-order valence-electron chi connectivity index (χ0n) is 13.1. The monoisotopic (exact) mass is 307 g/mol. The third-order valence-electron chi connectivity index (χ3n) is 3.09. The quantitative estimate of drug-likeness (QED) is 0.393. The van der Waals surface area contributed by atoms with Crippen molar-refractivity contribution in [3.63, 3.8) is 0 Å². The van der Waals surface area contributed by atoms with Crippen molar-refractivity contribution in [2.24, 2.45) is 5.92 Å². The number of hydrogen-bond acceptors (Lipinski definition) is 6. The fourth-order valence-electron chi connectivity index (χ4n) is 2.07.